The summed E-state index contributed by atoms with van der Waals surface area (Å²) in [6, 6.07) is 15.7. The second kappa shape index (κ2) is 5.29. The van der Waals surface area contributed by atoms with Gasteiger partial charge in [0.25, 0.3) is 0 Å². The third-order valence-corrected chi connectivity index (χ3v) is 3.17. The Bertz CT molecular complexity index is 728. The van der Waals surface area contributed by atoms with Crippen LogP contribution in [0.3, 0.4) is 0 Å². The van der Waals surface area contributed by atoms with Gasteiger partial charge in [-0.05, 0) is 36.8 Å². The molecule has 20 heavy (non-hydrogen) atoms. The number of methoxy groups -OCH3 is 1. The van der Waals surface area contributed by atoms with Gasteiger partial charge in [0.1, 0.15) is 18.0 Å². The number of hydrogen-bond acceptors (Lipinski definition) is 3. The molecular weight excluding hydrogens is 252 g/mol. The lowest BCUT2D eigenvalue weighted by Crippen LogP contribution is -1.96. The van der Waals surface area contributed by atoms with E-state index in [-0.39, 0.29) is 0 Å². The predicted octanol–water partition coefficient (Wildman–Crippen LogP) is 4.33. The van der Waals surface area contributed by atoms with E-state index < -0.39 is 0 Å². The summed E-state index contributed by atoms with van der Waals surface area (Å²) in [6.45, 7) is 2.43. The highest BCUT2D eigenvalue weighted by molar-refractivity contribution is 5.78. The van der Waals surface area contributed by atoms with Crippen LogP contribution < -0.4 is 9.47 Å². The first-order chi connectivity index (χ1) is 9.76. The van der Waals surface area contributed by atoms with Gasteiger partial charge in [-0.15, -0.1) is 0 Å². The van der Waals surface area contributed by atoms with Crippen LogP contribution in [-0.4, -0.2) is 7.11 Å². The summed E-state index contributed by atoms with van der Waals surface area (Å²) < 4.78 is 16.8. The van der Waals surface area contributed by atoms with Gasteiger partial charge in [-0.2, -0.15) is 0 Å². The topological polar surface area (TPSA) is 31.6 Å². The van der Waals surface area contributed by atoms with Crippen LogP contribution >= 0.6 is 0 Å². The summed E-state index contributed by atoms with van der Waals surface area (Å²) in [7, 11) is 1.63. The molecule has 3 rings (SSSR count). The van der Waals surface area contributed by atoms with E-state index in [9.17, 15) is 0 Å². The highest BCUT2D eigenvalue weighted by atomic mass is 16.5. The van der Waals surface area contributed by atoms with E-state index in [1.165, 1.54) is 5.56 Å². The average molecular weight is 268 g/mol. The van der Waals surface area contributed by atoms with Crippen LogP contribution in [0.15, 0.2) is 52.9 Å². The third kappa shape index (κ3) is 2.48. The molecule has 1 heterocycles. The minimum Gasteiger partial charge on any atom is -0.493 e. The minimum atomic E-state index is 0.383. The van der Waals surface area contributed by atoms with E-state index in [1.54, 1.807) is 7.11 Å². The zero-order valence-corrected chi connectivity index (χ0v) is 11.6. The number of furan rings is 1. The Morgan fingerprint density at radius 2 is 1.80 bits per heavy atom. The molecular formula is C17H16O3. The van der Waals surface area contributed by atoms with Crippen molar-refractivity contribution in [3.8, 4) is 11.5 Å². The molecule has 1 aromatic heterocycles. The van der Waals surface area contributed by atoms with E-state index in [1.807, 2.05) is 43.3 Å². The molecule has 0 N–H and O–H groups in total. The summed E-state index contributed by atoms with van der Waals surface area (Å²) in [6.07, 6.45) is 0. The quantitative estimate of drug-likeness (QED) is 0.705. The van der Waals surface area contributed by atoms with Gasteiger partial charge in [0, 0.05) is 5.39 Å². The van der Waals surface area contributed by atoms with Crippen molar-refractivity contribution < 1.29 is 13.9 Å². The number of rotatable bonds is 4. The fourth-order valence-electron chi connectivity index (χ4n) is 2.15. The largest absolute Gasteiger partial charge is 0.493 e. The molecule has 0 spiro atoms. The molecule has 0 aliphatic carbocycles. The smallest absolute Gasteiger partial charge is 0.161 e. The molecule has 0 radical (unpaired) electrons. The predicted molar refractivity (Wildman–Crippen MR) is 78.3 cm³/mol. The number of aryl methyl sites for hydroxylation is 1. The van der Waals surface area contributed by atoms with Gasteiger partial charge < -0.3 is 13.9 Å². The van der Waals surface area contributed by atoms with Crippen molar-refractivity contribution in [1.29, 1.82) is 0 Å². The van der Waals surface area contributed by atoms with E-state index in [0.29, 0.717) is 12.4 Å². The molecule has 3 heteroatoms. The number of benzene rings is 2. The number of para-hydroxylation sites is 2. The van der Waals surface area contributed by atoms with Crippen molar-refractivity contribution in [2.45, 2.75) is 13.5 Å². The average Bonchev–Trinajstić information content (AvgIpc) is 2.87. The maximum atomic E-state index is 5.78. The van der Waals surface area contributed by atoms with Crippen molar-refractivity contribution >= 4 is 11.0 Å². The summed E-state index contributed by atoms with van der Waals surface area (Å²) in [4.78, 5) is 0. The van der Waals surface area contributed by atoms with Gasteiger partial charge in [0.2, 0.25) is 0 Å². The van der Waals surface area contributed by atoms with Crippen LogP contribution in [0.1, 0.15) is 11.3 Å². The summed E-state index contributed by atoms with van der Waals surface area (Å²) in [5.74, 6) is 2.24. The fourth-order valence-corrected chi connectivity index (χ4v) is 2.15. The van der Waals surface area contributed by atoms with Crippen LogP contribution in [0.25, 0.3) is 11.0 Å². The van der Waals surface area contributed by atoms with Crippen molar-refractivity contribution in [2.24, 2.45) is 0 Å². The summed E-state index contributed by atoms with van der Waals surface area (Å²) >= 11 is 0. The first kappa shape index (κ1) is 12.6. The van der Waals surface area contributed by atoms with E-state index in [4.69, 9.17) is 13.9 Å². The standard InChI is InChI=1S/C17H16O3/c1-12-7-8-13-10-14(20-17(13)9-12)11-19-16-6-4-3-5-15(16)18-2/h3-10H,11H2,1-2H3. The number of fused-ring (bicyclic) bond motifs is 1. The third-order valence-electron chi connectivity index (χ3n) is 3.17. The van der Waals surface area contributed by atoms with Crippen molar-refractivity contribution in [3.63, 3.8) is 0 Å². The van der Waals surface area contributed by atoms with Crippen LogP contribution in [0.5, 0.6) is 11.5 Å². The summed E-state index contributed by atoms with van der Waals surface area (Å²) in [5, 5.41) is 1.09. The molecule has 0 fully saturated rings. The second-order valence-electron chi connectivity index (χ2n) is 4.69. The Hall–Kier alpha value is -2.42. The highest BCUT2D eigenvalue weighted by Gasteiger charge is 2.07. The Labute approximate surface area is 117 Å². The lowest BCUT2D eigenvalue weighted by molar-refractivity contribution is 0.259. The van der Waals surface area contributed by atoms with Gasteiger partial charge in [0.15, 0.2) is 11.5 Å². The van der Waals surface area contributed by atoms with E-state index in [2.05, 4.69) is 12.1 Å². The van der Waals surface area contributed by atoms with Crippen LogP contribution in [0.2, 0.25) is 0 Å². The van der Waals surface area contributed by atoms with Crippen LogP contribution in [-0.2, 0) is 6.61 Å². The lowest BCUT2D eigenvalue weighted by atomic mass is 10.2. The molecule has 0 aliphatic heterocycles. The SMILES string of the molecule is COc1ccccc1OCc1cc2ccc(C)cc2o1. The maximum absolute atomic E-state index is 5.78. The van der Waals surface area contributed by atoms with Crippen molar-refractivity contribution in [3.05, 3.63) is 59.9 Å². The molecule has 3 nitrogen and oxygen atoms in total. The number of hydrogen-bond donors (Lipinski definition) is 0. The Balaban J connectivity index is 1.79. The molecule has 0 amide bonds. The molecule has 0 unspecified atom stereocenters. The maximum Gasteiger partial charge on any atom is 0.161 e. The highest BCUT2D eigenvalue weighted by Crippen LogP contribution is 2.27. The molecule has 0 bridgehead atoms. The summed E-state index contributed by atoms with van der Waals surface area (Å²) in [5.41, 5.74) is 2.08. The van der Waals surface area contributed by atoms with Crippen LogP contribution in [0.4, 0.5) is 0 Å². The van der Waals surface area contributed by atoms with Gasteiger partial charge >= 0.3 is 0 Å². The molecule has 0 saturated carbocycles. The Morgan fingerprint density at radius 3 is 2.60 bits per heavy atom. The minimum absolute atomic E-state index is 0.383. The second-order valence-corrected chi connectivity index (χ2v) is 4.69. The fraction of sp³-hybridized carbons (Fsp3) is 0.176. The molecule has 0 atom stereocenters. The molecule has 0 saturated heterocycles. The molecule has 0 aliphatic rings. The van der Waals surface area contributed by atoms with E-state index >= 15 is 0 Å². The Morgan fingerprint density at radius 1 is 1.00 bits per heavy atom. The first-order valence-electron chi connectivity index (χ1n) is 6.51. The zero-order chi connectivity index (χ0) is 13.9. The van der Waals surface area contributed by atoms with Gasteiger partial charge in [-0.1, -0.05) is 24.3 Å². The molecule has 102 valence electrons. The Kier molecular flexibility index (Phi) is 3.33. The monoisotopic (exact) mass is 268 g/mol. The molecule has 3 aromatic rings. The first-order valence-corrected chi connectivity index (χ1v) is 6.51. The lowest BCUT2D eigenvalue weighted by Gasteiger charge is -2.08. The van der Waals surface area contributed by atoms with Crippen molar-refractivity contribution in [2.75, 3.05) is 7.11 Å². The zero-order valence-electron chi connectivity index (χ0n) is 11.6. The van der Waals surface area contributed by atoms with Crippen molar-refractivity contribution in [1.82, 2.24) is 0 Å². The number of ether oxygens (including phenoxy) is 2. The normalized spacial score (nSPS) is 10.7. The van der Waals surface area contributed by atoms with E-state index in [0.717, 1.165) is 22.5 Å². The van der Waals surface area contributed by atoms with Gasteiger partial charge in [-0.25, -0.2) is 0 Å². The van der Waals surface area contributed by atoms with Gasteiger partial charge in [-0.3, -0.25) is 0 Å². The van der Waals surface area contributed by atoms with Gasteiger partial charge in [0.05, 0.1) is 7.11 Å². The molecule has 2 aromatic carbocycles. The van der Waals surface area contributed by atoms with Crippen LogP contribution in [0, 0.1) is 6.92 Å².